The summed E-state index contributed by atoms with van der Waals surface area (Å²) >= 11 is 3.58. The van der Waals surface area contributed by atoms with Crippen LogP contribution in [0.1, 0.15) is 80.6 Å². The number of oxime groups is 1. The number of aromatic nitrogens is 1. The second kappa shape index (κ2) is 10.9. The molecule has 0 saturated heterocycles. The molecule has 2 N–H and O–H groups in total. The summed E-state index contributed by atoms with van der Waals surface area (Å²) in [6.45, 7) is 4.02. The van der Waals surface area contributed by atoms with Crippen molar-refractivity contribution in [3.05, 3.63) is 64.1 Å². The lowest BCUT2D eigenvalue weighted by Crippen LogP contribution is -2.58. The van der Waals surface area contributed by atoms with Crippen molar-refractivity contribution in [2.75, 3.05) is 0 Å². The number of aliphatic carboxylic acids is 1. The van der Waals surface area contributed by atoms with E-state index in [1.54, 1.807) is 0 Å². The summed E-state index contributed by atoms with van der Waals surface area (Å²) in [4.78, 5) is 37.4. The van der Waals surface area contributed by atoms with Gasteiger partial charge in [0.05, 0.1) is 33.9 Å². The molecule has 3 aromatic rings. The highest BCUT2D eigenvalue weighted by atomic mass is 79.9. The van der Waals surface area contributed by atoms with Crippen LogP contribution in [0.3, 0.4) is 0 Å². The van der Waals surface area contributed by atoms with Crippen LogP contribution in [0.4, 0.5) is 0 Å². The predicted molar refractivity (Wildman–Crippen MR) is 163 cm³/mol. The second-order valence-electron chi connectivity index (χ2n) is 12.2. The molecule has 214 valence electrons. The molecular weight excluding hydrogens is 582 g/mol. The van der Waals surface area contributed by atoms with E-state index in [1.165, 1.54) is 12.8 Å². The number of nitrogens with zero attached hydrogens (tertiary/aromatic N) is 2. The first kappa shape index (κ1) is 27.9. The summed E-state index contributed by atoms with van der Waals surface area (Å²) in [7, 11) is 0. The lowest BCUT2D eigenvalue weighted by molar-refractivity contribution is -0.142. The molecule has 2 atom stereocenters. The molecule has 0 aliphatic heterocycles. The Labute approximate surface area is 248 Å². The zero-order valence-electron chi connectivity index (χ0n) is 23.6. The Morgan fingerprint density at radius 1 is 1.15 bits per heavy atom. The van der Waals surface area contributed by atoms with Gasteiger partial charge < -0.3 is 15.3 Å². The maximum atomic E-state index is 14.4. The number of pyridine rings is 1. The fraction of sp³-hybridized carbons (Fsp3) is 0.455. The number of nitrogens with one attached hydrogen (secondary N) is 1. The largest absolute Gasteiger partial charge is 0.481 e. The van der Waals surface area contributed by atoms with Gasteiger partial charge in [-0.3, -0.25) is 9.59 Å². The van der Waals surface area contributed by atoms with Crippen molar-refractivity contribution < 1.29 is 19.5 Å². The molecule has 41 heavy (non-hydrogen) atoms. The molecule has 3 aliphatic carbocycles. The van der Waals surface area contributed by atoms with Crippen LogP contribution in [0.25, 0.3) is 22.2 Å². The van der Waals surface area contributed by atoms with Gasteiger partial charge in [-0.2, -0.15) is 0 Å². The zero-order valence-corrected chi connectivity index (χ0v) is 25.2. The highest BCUT2D eigenvalue weighted by Gasteiger charge is 2.54. The number of carbonyl (C=O) groups excluding carboxylic acids is 1. The number of carbonyl (C=O) groups is 2. The number of benzene rings is 2. The molecular formula is C33H36BrN3O4. The summed E-state index contributed by atoms with van der Waals surface area (Å²) in [6, 6.07) is 15.7. The molecule has 1 amide bonds. The summed E-state index contributed by atoms with van der Waals surface area (Å²) in [6.07, 6.45) is 7.32. The monoisotopic (exact) mass is 617 g/mol. The van der Waals surface area contributed by atoms with E-state index >= 15 is 0 Å². The van der Waals surface area contributed by atoms with Crippen LogP contribution >= 0.6 is 15.9 Å². The van der Waals surface area contributed by atoms with Gasteiger partial charge in [0.1, 0.15) is 6.10 Å². The Morgan fingerprint density at radius 2 is 1.90 bits per heavy atom. The van der Waals surface area contributed by atoms with Gasteiger partial charge >= 0.3 is 5.97 Å². The summed E-state index contributed by atoms with van der Waals surface area (Å²) < 4.78 is 0.863. The van der Waals surface area contributed by atoms with E-state index in [-0.39, 0.29) is 18.4 Å². The Hall–Kier alpha value is -3.26. The topological polar surface area (TPSA) is 101 Å². The van der Waals surface area contributed by atoms with Gasteiger partial charge in [0, 0.05) is 21.8 Å². The molecule has 1 heterocycles. The number of hydrogen-bond donors (Lipinski definition) is 2. The van der Waals surface area contributed by atoms with Crippen LogP contribution < -0.4 is 5.32 Å². The first-order chi connectivity index (χ1) is 19.7. The highest BCUT2D eigenvalue weighted by Crippen LogP contribution is 2.61. The molecule has 2 unspecified atom stereocenters. The number of carboxylic acids is 1. The maximum absolute atomic E-state index is 14.4. The van der Waals surface area contributed by atoms with Gasteiger partial charge in [-0.15, -0.1) is 0 Å². The van der Waals surface area contributed by atoms with Crippen molar-refractivity contribution >= 4 is 44.4 Å². The van der Waals surface area contributed by atoms with E-state index in [1.807, 2.05) is 55.5 Å². The fourth-order valence-electron chi connectivity index (χ4n) is 6.81. The molecule has 6 rings (SSSR count). The minimum absolute atomic E-state index is 0.0717. The average Bonchev–Trinajstić information content (AvgIpc) is 3.73. The number of amides is 1. The van der Waals surface area contributed by atoms with Gasteiger partial charge in [0.15, 0.2) is 0 Å². The Bertz CT molecular complexity index is 1530. The molecule has 7 nitrogen and oxygen atoms in total. The zero-order chi connectivity index (χ0) is 28.8. The van der Waals surface area contributed by atoms with Crippen LogP contribution in [-0.2, 0) is 9.63 Å². The Balaban J connectivity index is 1.39. The lowest BCUT2D eigenvalue weighted by Gasteiger charge is -2.41. The smallest absolute Gasteiger partial charge is 0.306 e. The standard InChI is InChI=1S/C33H36BrN3O4/c1-3-12-33(13-11-22(31(39)40)16-27(33)37-41-24-18-32(19-24)14-15-32)36-30(38)28-20(2)29(21-7-5-4-6-8-21)35-26-10-9-23(34)17-25(26)28/h4-10,17,22,24H,3,11-16,18-19H2,1-2H3,(H,36,38)(H,39,40)/b37-27+. The fourth-order valence-corrected chi connectivity index (χ4v) is 7.17. The first-order valence-electron chi connectivity index (χ1n) is 14.7. The van der Waals surface area contributed by atoms with Crippen LogP contribution in [-0.4, -0.2) is 39.3 Å². The summed E-state index contributed by atoms with van der Waals surface area (Å²) in [5.41, 5.74) is 4.14. The molecule has 3 fully saturated rings. The minimum Gasteiger partial charge on any atom is -0.481 e. The third-order valence-electron chi connectivity index (χ3n) is 9.35. The second-order valence-corrected chi connectivity index (χ2v) is 13.1. The number of fused-ring (bicyclic) bond motifs is 1. The number of rotatable bonds is 8. The van der Waals surface area contributed by atoms with Gasteiger partial charge in [0.2, 0.25) is 0 Å². The summed E-state index contributed by atoms with van der Waals surface area (Å²) in [5.74, 6) is -1.58. The highest BCUT2D eigenvalue weighted by molar-refractivity contribution is 9.10. The van der Waals surface area contributed by atoms with Crippen molar-refractivity contribution in [3.8, 4) is 11.3 Å². The van der Waals surface area contributed by atoms with E-state index in [0.717, 1.165) is 51.5 Å². The van der Waals surface area contributed by atoms with Crippen molar-refractivity contribution in [1.29, 1.82) is 0 Å². The minimum atomic E-state index is -0.831. The van der Waals surface area contributed by atoms with E-state index in [0.29, 0.717) is 36.0 Å². The van der Waals surface area contributed by atoms with Crippen molar-refractivity contribution in [3.63, 3.8) is 0 Å². The van der Waals surface area contributed by atoms with Gasteiger partial charge in [-0.1, -0.05) is 64.8 Å². The van der Waals surface area contributed by atoms with Crippen molar-refractivity contribution in [2.45, 2.75) is 83.3 Å². The van der Waals surface area contributed by atoms with Crippen LogP contribution in [0.2, 0.25) is 0 Å². The van der Waals surface area contributed by atoms with Crippen LogP contribution in [0.5, 0.6) is 0 Å². The van der Waals surface area contributed by atoms with Gasteiger partial charge in [-0.05, 0) is 81.0 Å². The third-order valence-corrected chi connectivity index (χ3v) is 9.84. The van der Waals surface area contributed by atoms with E-state index in [4.69, 9.17) is 9.82 Å². The van der Waals surface area contributed by atoms with Crippen LogP contribution in [0.15, 0.2) is 58.2 Å². The first-order valence-corrected chi connectivity index (χ1v) is 15.5. The van der Waals surface area contributed by atoms with Gasteiger partial charge in [-0.25, -0.2) is 4.98 Å². The maximum Gasteiger partial charge on any atom is 0.306 e. The van der Waals surface area contributed by atoms with E-state index < -0.39 is 17.4 Å². The van der Waals surface area contributed by atoms with Crippen molar-refractivity contribution in [2.24, 2.45) is 16.5 Å². The molecule has 1 spiro atoms. The molecule has 3 aliphatic rings. The molecule has 0 bridgehead atoms. The predicted octanol–water partition coefficient (Wildman–Crippen LogP) is 7.44. The molecule has 3 saturated carbocycles. The normalized spacial score (nSPS) is 24.3. The quantitative estimate of drug-likeness (QED) is 0.256. The Morgan fingerprint density at radius 3 is 2.59 bits per heavy atom. The van der Waals surface area contributed by atoms with E-state index in [2.05, 4.69) is 33.3 Å². The molecule has 1 aromatic heterocycles. The SMILES string of the molecule is CCCC1(NC(=O)c2c(C)c(-c3ccccc3)nc3ccc(Br)cc23)CCC(C(=O)O)C/C1=N\OC1CC2(CC2)C1. The average molecular weight is 619 g/mol. The van der Waals surface area contributed by atoms with E-state index in [9.17, 15) is 14.7 Å². The lowest BCUT2D eigenvalue weighted by atomic mass is 9.72. The number of hydrogen-bond acceptors (Lipinski definition) is 5. The van der Waals surface area contributed by atoms with Crippen molar-refractivity contribution in [1.82, 2.24) is 10.3 Å². The molecule has 2 aromatic carbocycles. The molecule has 8 heteroatoms. The Kier molecular flexibility index (Phi) is 7.39. The number of halogens is 1. The van der Waals surface area contributed by atoms with Crippen LogP contribution in [0, 0.1) is 18.3 Å². The number of carboxylic acid groups (broad SMARTS) is 1. The van der Waals surface area contributed by atoms with Gasteiger partial charge in [0.25, 0.3) is 5.91 Å². The molecule has 0 radical (unpaired) electrons. The third kappa shape index (κ3) is 5.39. The summed E-state index contributed by atoms with van der Waals surface area (Å²) in [5, 5.41) is 18.6.